The lowest BCUT2D eigenvalue weighted by Gasteiger charge is -2.08. The van der Waals surface area contributed by atoms with E-state index >= 15 is 0 Å². The monoisotopic (exact) mass is 282 g/mol. The zero-order valence-corrected chi connectivity index (χ0v) is 10.1. The van der Waals surface area contributed by atoms with Crippen molar-refractivity contribution in [2.24, 2.45) is 0 Å². The highest BCUT2D eigenvalue weighted by Crippen LogP contribution is 2.25. The van der Waals surface area contributed by atoms with Gasteiger partial charge < -0.3 is 5.32 Å². The SMILES string of the molecule is O=[N+]([O-])c1cc(NCc2cccc(F)c2)c(F)cc1F. The third kappa shape index (κ3) is 3.05. The Labute approximate surface area is 112 Å². The molecule has 0 aromatic heterocycles. The van der Waals surface area contributed by atoms with Crippen LogP contribution in [0, 0.1) is 27.6 Å². The van der Waals surface area contributed by atoms with E-state index in [-0.39, 0.29) is 12.2 Å². The van der Waals surface area contributed by atoms with E-state index in [0.29, 0.717) is 11.6 Å². The number of hydrogen-bond donors (Lipinski definition) is 1. The molecular formula is C13H9F3N2O2. The second kappa shape index (κ2) is 5.60. The maximum atomic E-state index is 13.5. The van der Waals surface area contributed by atoms with Gasteiger partial charge in [0.05, 0.1) is 10.6 Å². The Morgan fingerprint density at radius 2 is 1.85 bits per heavy atom. The first-order valence-corrected chi connectivity index (χ1v) is 5.59. The van der Waals surface area contributed by atoms with Crippen LogP contribution in [0.4, 0.5) is 24.5 Å². The molecule has 0 saturated heterocycles. The summed E-state index contributed by atoms with van der Waals surface area (Å²) in [5.41, 5.74) is -0.521. The molecule has 0 heterocycles. The Kier molecular flexibility index (Phi) is 3.88. The maximum absolute atomic E-state index is 13.5. The van der Waals surface area contributed by atoms with Gasteiger partial charge in [-0.2, -0.15) is 4.39 Å². The average molecular weight is 282 g/mol. The van der Waals surface area contributed by atoms with Gasteiger partial charge in [-0.1, -0.05) is 12.1 Å². The summed E-state index contributed by atoms with van der Waals surface area (Å²) in [6, 6.07) is 6.79. The Hall–Kier alpha value is -2.57. The van der Waals surface area contributed by atoms with E-state index in [4.69, 9.17) is 0 Å². The van der Waals surface area contributed by atoms with Crippen LogP contribution in [0.15, 0.2) is 36.4 Å². The molecule has 0 atom stereocenters. The number of nitrogens with zero attached hydrogens (tertiary/aromatic N) is 1. The van der Waals surface area contributed by atoms with Gasteiger partial charge in [-0.25, -0.2) is 8.78 Å². The van der Waals surface area contributed by atoms with Gasteiger partial charge in [0.2, 0.25) is 5.82 Å². The van der Waals surface area contributed by atoms with Crippen molar-refractivity contribution in [3.63, 3.8) is 0 Å². The fraction of sp³-hybridized carbons (Fsp3) is 0.0769. The molecule has 2 rings (SSSR count). The summed E-state index contributed by atoms with van der Waals surface area (Å²) in [6.45, 7) is 0.0530. The van der Waals surface area contributed by atoms with Gasteiger partial charge in [0.15, 0.2) is 0 Å². The molecule has 1 N–H and O–H groups in total. The molecule has 0 spiro atoms. The van der Waals surface area contributed by atoms with Crippen LogP contribution >= 0.6 is 0 Å². The molecule has 2 aromatic carbocycles. The zero-order chi connectivity index (χ0) is 14.7. The Morgan fingerprint density at radius 3 is 2.50 bits per heavy atom. The van der Waals surface area contributed by atoms with Crippen LogP contribution in [0.1, 0.15) is 5.56 Å². The molecule has 0 aliphatic heterocycles. The molecule has 0 unspecified atom stereocenters. The highest BCUT2D eigenvalue weighted by Gasteiger charge is 2.18. The van der Waals surface area contributed by atoms with Crippen LogP contribution in [0.5, 0.6) is 0 Å². The smallest absolute Gasteiger partial charge is 0.307 e. The van der Waals surface area contributed by atoms with E-state index in [0.717, 1.165) is 6.07 Å². The molecule has 0 bridgehead atoms. The van der Waals surface area contributed by atoms with Gasteiger partial charge in [-0.3, -0.25) is 10.1 Å². The molecule has 2 aromatic rings. The molecule has 0 aliphatic carbocycles. The molecule has 0 saturated carbocycles. The van der Waals surface area contributed by atoms with Crippen molar-refractivity contribution in [2.75, 3.05) is 5.32 Å². The fourth-order valence-electron chi connectivity index (χ4n) is 1.66. The van der Waals surface area contributed by atoms with Crippen LogP contribution in [0.25, 0.3) is 0 Å². The van der Waals surface area contributed by atoms with Crippen LogP contribution in [0.2, 0.25) is 0 Å². The van der Waals surface area contributed by atoms with Crippen LogP contribution < -0.4 is 5.32 Å². The number of nitrogens with one attached hydrogen (secondary N) is 1. The molecule has 7 heteroatoms. The fourth-order valence-corrected chi connectivity index (χ4v) is 1.66. The van der Waals surface area contributed by atoms with Crippen LogP contribution in [0.3, 0.4) is 0 Å². The molecule has 104 valence electrons. The van der Waals surface area contributed by atoms with E-state index < -0.39 is 28.1 Å². The number of benzene rings is 2. The van der Waals surface area contributed by atoms with Crippen molar-refractivity contribution in [3.05, 3.63) is 69.5 Å². The minimum Gasteiger partial charge on any atom is -0.378 e. The zero-order valence-electron chi connectivity index (χ0n) is 10.1. The molecule has 0 aliphatic rings. The topological polar surface area (TPSA) is 55.2 Å². The van der Waals surface area contributed by atoms with E-state index in [1.165, 1.54) is 18.2 Å². The summed E-state index contributed by atoms with van der Waals surface area (Å²) in [4.78, 5) is 9.63. The van der Waals surface area contributed by atoms with Gasteiger partial charge in [0.25, 0.3) is 0 Å². The van der Waals surface area contributed by atoms with Gasteiger partial charge in [-0.05, 0) is 17.7 Å². The number of hydrogen-bond acceptors (Lipinski definition) is 3. The first-order valence-electron chi connectivity index (χ1n) is 5.59. The quantitative estimate of drug-likeness (QED) is 0.688. The normalized spacial score (nSPS) is 10.3. The average Bonchev–Trinajstić information content (AvgIpc) is 2.37. The Bertz CT molecular complexity index is 662. The predicted molar refractivity (Wildman–Crippen MR) is 66.7 cm³/mol. The second-order valence-electron chi connectivity index (χ2n) is 4.02. The Balaban J connectivity index is 2.21. The van der Waals surface area contributed by atoms with Crippen molar-refractivity contribution in [2.45, 2.75) is 6.54 Å². The number of nitro groups is 1. The van der Waals surface area contributed by atoms with Crippen LogP contribution in [-0.2, 0) is 6.54 Å². The summed E-state index contributed by atoms with van der Waals surface area (Å²) >= 11 is 0. The third-order valence-corrected chi connectivity index (χ3v) is 2.61. The van der Waals surface area contributed by atoms with Crippen LogP contribution in [-0.4, -0.2) is 4.92 Å². The standard InChI is InChI=1S/C13H9F3N2O2/c14-9-3-1-2-8(4-9)7-17-12-6-13(18(19)20)11(16)5-10(12)15/h1-6,17H,7H2. The van der Waals surface area contributed by atoms with Crippen molar-refractivity contribution in [1.82, 2.24) is 0 Å². The molecule has 20 heavy (non-hydrogen) atoms. The van der Waals surface area contributed by atoms with E-state index in [2.05, 4.69) is 5.32 Å². The largest absolute Gasteiger partial charge is 0.378 e. The first kappa shape index (κ1) is 13.9. The van der Waals surface area contributed by atoms with Gasteiger partial charge >= 0.3 is 5.69 Å². The molecule has 0 radical (unpaired) electrons. The van der Waals surface area contributed by atoms with Crippen molar-refractivity contribution in [3.8, 4) is 0 Å². The Morgan fingerprint density at radius 1 is 1.10 bits per heavy atom. The number of anilines is 1. The van der Waals surface area contributed by atoms with Gasteiger partial charge in [0.1, 0.15) is 11.6 Å². The lowest BCUT2D eigenvalue weighted by Crippen LogP contribution is -2.04. The highest BCUT2D eigenvalue weighted by molar-refractivity contribution is 5.53. The summed E-state index contributed by atoms with van der Waals surface area (Å²) in [5, 5.41) is 13.1. The molecule has 0 fully saturated rings. The predicted octanol–water partition coefficient (Wildman–Crippen LogP) is 3.62. The van der Waals surface area contributed by atoms with E-state index in [1.807, 2.05) is 0 Å². The summed E-state index contributed by atoms with van der Waals surface area (Å²) < 4.78 is 39.6. The minimum absolute atomic E-state index is 0.0530. The van der Waals surface area contributed by atoms with E-state index in [9.17, 15) is 23.3 Å². The summed E-state index contributed by atoms with van der Waals surface area (Å²) in [6.07, 6.45) is 0. The van der Waals surface area contributed by atoms with Crippen molar-refractivity contribution in [1.29, 1.82) is 0 Å². The highest BCUT2D eigenvalue weighted by atomic mass is 19.1. The molecule has 4 nitrogen and oxygen atoms in total. The third-order valence-electron chi connectivity index (χ3n) is 2.61. The lowest BCUT2D eigenvalue weighted by atomic mass is 10.2. The lowest BCUT2D eigenvalue weighted by molar-refractivity contribution is -0.387. The number of rotatable bonds is 4. The van der Waals surface area contributed by atoms with Gasteiger partial charge in [0, 0.05) is 18.7 Å². The minimum atomic E-state index is -1.25. The first-order chi connectivity index (χ1) is 9.47. The van der Waals surface area contributed by atoms with E-state index in [1.54, 1.807) is 6.07 Å². The molecular weight excluding hydrogens is 273 g/mol. The number of halogens is 3. The summed E-state index contributed by atoms with van der Waals surface area (Å²) in [5.74, 6) is -2.65. The second-order valence-corrected chi connectivity index (χ2v) is 4.02. The number of nitro benzene ring substituents is 1. The maximum Gasteiger partial charge on any atom is 0.307 e. The summed E-state index contributed by atoms with van der Waals surface area (Å²) in [7, 11) is 0. The van der Waals surface area contributed by atoms with Gasteiger partial charge in [-0.15, -0.1) is 0 Å². The van der Waals surface area contributed by atoms with Crippen molar-refractivity contribution < 1.29 is 18.1 Å². The molecule has 0 amide bonds. The van der Waals surface area contributed by atoms with Crippen molar-refractivity contribution >= 4 is 11.4 Å².